The van der Waals surface area contributed by atoms with Gasteiger partial charge in [-0.15, -0.1) is 0 Å². The van der Waals surface area contributed by atoms with Gasteiger partial charge in [0.1, 0.15) is 5.78 Å². The lowest BCUT2D eigenvalue weighted by atomic mass is 9.84. The van der Waals surface area contributed by atoms with Crippen molar-refractivity contribution in [2.75, 3.05) is 0 Å². The number of Topliss-reactive ketones (excluding diaryl/α,β-unsaturated/α-hetero) is 1. The quantitative estimate of drug-likeness (QED) is 0.774. The van der Waals surface area contributed by atoms with Crippen molar-refractivity contribution in [3.8, 4) is 0 Å². The zero-order chi connectivity index (χ0) is 11.0. The Bertz CT molecular complexity index is 390. The number of fused-ring (bicyclic) bond motifs is 2. The minimum absolute atomic E-state index is 0.138. The predicted octanol–water partition coefficient (Wildman–Crippen LogP) is 1.76. The first kappa shape index (κ1) is 9.97. The number of pyridine rings is 1. The van der Waals surface area contributed by atoms with Crippen molar-refractivity contribution < 1.29 is 9.53 Å². The molecular weight excluding hydrogens is 202 g/mol. The molecule has 0 saturated carbocycles. The standard InChI is InChI=1S/C13H15NO2/c15-12(6-9-2-1-5-14-8-9)11-7-10-3-4-13(11)16-10/h1-2,5,8,10-11,13H,3-4,6-7H2. The highest BCUT2D eigenvalue weighted by Crippen LogP contribution is 2.39. The summed E-state index contributed by atoms with van der Waals surface area (Å²) in [6, 6.07) is 3.83. The second kappa shape index (κ2) is 3.98. The molecular formula is C13H15NO2. The van der Waals surface area contributed by atoms with E-state index in [0.717, 1.165) is 24.8 Å². The van der Waals surface area contributed by atoms with Gasteiger partial charge in [-0.1, -0.05) is 6.07 Å². The van der Waals surface area contributed by atoms with E-state index in [1.807, 2.05) is 12.1 Å². The molecule has 0 N–H and O–H groups in total. The Labute approximate surface area is 94.8 Å². The van der Waals surface area contributed by atoms with Crippen molar-refractivity contribution in [2.45, 2.75) is 37.9 Å². The Morgan fingerprint density at radius 3 is 3.06 bits per heavy atom. The molecule has 1 aromatic heterocycles. The first-order valence-corrected chi connectivity index (χ1v) is 5.90. The van der Waals surface area contributed by atoms with Crippen LogP contribution in [-0.2, 0) is 16.0 Å². The maximum absolute atomic E-state index is 12.1. The van der Waals surface area contributed by atoms with Gasteiger partial charge in [0.25, 0.3) is 0 Å². The summed E-state index contributed by atoms with van der Waals surface area (Å²) in [5.41, 5.74) is 1.01. The predicted molar refractivity (Wildman–Crippen MR) is 59.0 cm³/mol. The van der Waals surface area contributed by atoms with Crippen LogP contribution in [0.25, 0.3) is 0 Å². The van der Waals surface area contributed by atoms with E-state index < -0.39 is 0 Å². The van der Waals surface area contributed by atoms with Crippen LogP contribution in [0.5, 0.6) is 0 Å². The van der Waals surface area contributed by atoms with Crippen LogP contribution >= 0.6 is 0 Å². The third-order valence-electron chi connectivity index (χ3n) is 3.62. The second-order valence-corrected chi connectivity index (χ2v) is 4.72. The summed E-state index contributed by atoms with van der Waals surface area (Å²) in [6.07, 6.45) is 7.70. The van der Waals surface area contributed by atoms with Gasteiger partial charge in [-0.25, -0.2) is 0 Å². The zero-order valence-electron chi connectivity index (χ0n) is 9.13. The Morgan fingerprint density at radius 1 is 1.50 bits per heavy atom. The largest absolute Gasteiger partial charge is 0.374 e. The average molecular weight is 217 g/mol. The van der Waals surface area contributed by atoms with Gasteiger partial charge in [0.2, 0.25) is 0 Å². The number of carbonyl (C=O) groups excluding carboxylic acids is 1. The maximum atomic E-state index is 12.1. The monoisotopic (exact) mass is 217 g/mol. The van der Waals surface area contributed by atoms with Crippen LogP contribution < -0.4 is 0 Å². The lowest BCUT2D eigenvalue weighted by Gasteiger charge is -2.16. The molecule has 2 aliphatic heterocycles. The van der Waals surface area contributed by atoms with Gasteiger partial charge in [-0.3, -0.25) is 9.78 Å². The Morgan fingerprint density at radius 2 is 2.44 bits per heavy atom. The van der Waals surface area contributed by atoms with Crippen LogP contribution in [-0.4, -0.2) is 23.0 Å². The molecule has 2 aliphatic rings. The Hall–Kier alpha value is -1.22. The SMILES string of the molecule is O=C(Cc1cccnc1)C1CC2CCC1O2. The summed E-state index contributed by atoms with van der Waals surface area (Å²) in [6.45, 7) is 0. The molecule has 16 heavy (non-hydrogen) atoms. The van der Waals surface area contributed by atoms with Crippen molar-refractivity contribution in [1.82, 2.24) is 4.98 Å². The number of ketones is 1. The number of aromatic nitrogens is 1. The molecule has 3 rings (SSSR count). The molecule has 1 aromatic rings. The summed E-state index contributed by atoms with van der Waals surface area (Å²) in [7, 11) is 0. The average Bonchev–Trinajstić information content (AvgIpc) is 2.92. The van der Waals surface area contributed by atoms with E-state index in [9.17, 15) is 4.79 Å². The van der Waals surface area contributed by atoms with Crippen molar-refractivity contribution in [2.24, 2.45) is 5.92 Å². The highest BCUT2D eigenvalue weighted by Gasteiger charge is 2.43. The lowest BCUT2D eigenvalue weighted by Crippen LogP contribution is -2.26. The molecule has 0 aliphatic carbocycles. The van der Waals surface area contributed by atoms with Gasteiger partial charge >= 0.3 is 0 Å². The minimum atomic E-state index is 0.138. The molecule has 2 bridgehead atoms. The molecule has 84 valence electrons. The van der Waals surface area contributed by atoms with E-state index in [2.05, 4.69) is 4.98 Å². The van der Waals surface area contributed by atoms with Crippen LogP contribution in [0, 0.1) is 5.92 Å². The molecule has 0 aromatic carbocycles. The Balaban J connectivity index is 1.66. The number of hydrogen-bond donors (Lipinski definition) is 0. The summed E-state index contributed by atoms with van der Waals surface area (Å²) in [4.78, 5) is 16.1. The fraction of sp³-hybridized carbons (Fsp3) is 0.538. The third-order valence-corrected chi connectivity index (χ3v) is 3.62. The second-order valence-electron chi connectivity index (χ2n) is 4.72. The van der Waals surface area contributed by atoms with Crippen LogP contribution in [0.3, 0.4) is 0 Å². The molecule has 3 atom stereocenters. The number of ether oxygens (including phenoxy) is 1. The van der Waals surface area contributed by atoms with Gasteiger partial charge in [0.15, 0.2) is 0 Å². The fourth-order valence-electron chi connectivity index (χ4n) is 2.81. The summed E-state index contributed by atoms with van der Waals surface area (Å²) >= 11 is 0. The van der Waals surface area contributed by atoms with E-state index >= 15 is 0 Å². The smallest absolute Gasteiger partial charge is 0.143 e. The van der Waals surface area contributed by atoms with Gasteiger partial charge < -0.3 is 4.74 Å². The lowest BCUT2D eigenvalue weighted by molar-refractivity contribution is -0.123. The van der Waals surface area contributed by atoms with E-state index in [0.29, 0.717) is 18.3 Å². The summed E-state index contributed by atoms with van der Waals surface area (Å²) in [5, 5.41) is 0. The highest BCUT2D eigenvalue weighted by atomic mass is 16.5. The Kier molecular flexibility index (Phi) is 2.48. The van der Waals surface area contributed by atoms with Crippen LogP contribution in [0.15, 0.2) is 24.5 Å². The number of carbonyl (C=O) groups is 1. The highest BCUT2D eigenvalue weighted by molar-refractivity contribution is 5.84. The molecule has 3 heteroatoms. The van der Waals surface area contributed by atoms with Crippen molar-refractivity contribution in [3.63, 3.8) is 0 Å². The molecule has 0 amide bonds. The number of hydrogen-bond acceptors (Lipinski definition) is 3. The summed E-state index contributed by atoms with van der Waals surface area (Å²) < 4.78 is 5.71. The summed E-state index contributed by atoms with van der Waals surface area (Å²) in [5.74, 6) is 0.458. The first-order valence-electron chi connectivity index (χ1n) is 5.90. The normalized spacial score (nSPS) is 31.9. The zero-order valence-corrected chi connectivity index (χ0v) is 9.13. The molecule has 0 spiro atoms. The number of rotatable bonds is 3. The van der Waals surface area contributed by atoms with Crippen molar-refractivity contribution in [1.29, 1.82) is 0 Å². The van der Waals surface area contributed by atoms with E-state index in [1.54, 1.807) is 12.4 Å². The first-order chi connectivity index (χ1) is 7.83. The van der Waals surface area contributed by atoms with E-state index in [-0.39, 0.29) is 12.0 Å². The topological polar surface area (TPSA) is 39.2 Å². The molecule has 2 fully saturated rings. The van der Waals surface area contributed by atoms with E-state index in [1.165, 1.54) is 0 Å². The molecule has 2 saturated heterocycles. The van der Waals surface area contributed by atoms with Crippen molar-refractivity contribution >= 4 is 5.78 Å². The molecule has 3 unspecified atom stereocenters. The fourth-order valence-corrected chi connectivity index (χ4v) is 2.81. The maximum Gasteiger partial charge on any atom is 0.143 e. The van der Waals surface area contributed by atoms with Gasteiger partial charge in [0.05, 0.1) is 12.2 Å². The third kappa shape index (κ3) is 1.76. The van der Waals surface area contributed by atoms with Gasteiger partial charge in [0, 0.05) is 24.7 Å². The van der Waals surface area contributed by atoms with Crippen LogP contribution in [0.2, 0.25) is 0 Å². The van der Waals surface area contributed by atoms with Gasteiger partial charge in [-0.05, 0) is 30.9 Å². The van der Waals surface area contributed by atoms with Gasteiger partial charge in [-0.2, -0.15) is 0 Å². The van der Waals surface area contributed by atoms with Crippen LogP contribution in [0.4, 0.5) is 0 Å². The molecule has 3 heterocycles. The molecule has 3 nitrogen and oxygen atoms in total. The molecule has 0 radical (unpaired) electrons. The van der Waals surface area contributed by atoms with Crippen LogP contribution in [0.1, 0.15) is 24.8 Å². The number of nitrogens with zero attached hydrogens (tertiary/aromatic N) is 1. The van der Waals surface area contributed by atoms with Crippen molar-refractivity contribution in [3.05, 3.63) is 30.1 Å². The minimum Gasteiger partial charge on any atom is -0.374 e. The van der Waals surface area contributed by atoms with E-state index in [4.69, 9.17) is 4.74 Å².